The minimum atomic E-state index is -0.464. The number of epoxide rings is 1. The summed E-state index contributed by atoms with van der Waals surface area (Å²) in [5.74, 6) is -0.530. The predicted molar refractivity (Wildman–Crippen MR) is 86.0 cm³/mol. The number of hydrogen-bond donors (Lipinski definition) is 2. The van der Waals surface area contributed by atoms with Gasteiger partial charge in [-0.1, -0.05) is 19.6 Å². The number of hydrogen-bond acceptors (Lipinski definition) is 7. The maximum absolute atomic E-state index is 10.9. The molecule has 3 rings (SSSR count). The number of methoxy groups -OCH3 is 2. The van der Waals surface area contributed by atoms with Gasteiger partial charge in [-0.15, -0.1) is 0 Å². The first kappa shape index (κ1) is 20.6. The number of allylic oxidation sites excluding steroid dienone is 1. The average molecular weight is 344 g/mol. The van der Waals surface area contributed by atoms with Crippen LogP contribution < -0.4 is 0 Å². The molecule has 0 amide bonds. The highest BCUT2D eigenvalue weighted by atomic mass is 16.6. The van der Waals surface area contributed by atoms with Crippen molar-refractivity contribution >= 4 is 11.9 Å². The molecular weight excluding hydrogens is 316 g/mol. The van der Waals surface area contributed by atoms with Gasteiger partial charge in [0.1, 0.15) is 0 Å². The molecular formula is C17H28O7. The SMILES string of the molecule is C.COC(=O)C[C@@H]1CC=C[C@H]1O.COC(=O)C[C@@H]1[C@H]2O[C@H]2C[C@H]1O. The number of rotatable bonds is 4. The Bertz CT molecular complexity index is 460. The second kappa shape index (κ2) is 9.15. The molecule has 0 aromatic rings. The van der Waals surface area contributed by atoms with Crippen LogP contribution in [-0.2, 0) is 23.8 Å². The van der Waals surface area contributed by atoms with Gasteiger partial charge in [-0.2, -0.15) is 0 Å². The van der Waals surface area contributed by atoms with Crippen molar-refractivity contribution in [3.63, 3.8) is 0 Å². The molecule has 2 aliphatic carbocycles. The van der Waals surface area contributed by atoms with Gasteiger partial charge in [-0.3, -0.25) is 9.59 Å². The summed E-state index contributed by atoms with van der Waals surface area (Å²) in [6.07, 6.45) is 5.11. The molecule has 1 aliphatic heterocycles. The summed E-state index contributed by atoms with van der Waals surface area (Å²) in [7, 11) is 2.71. The molecule has 7 heteroatoms. The molecule has 6 atom stereocenters. The highest BCUT2D eigenvalue weighted by Crippen LogP contribution is 2.44. The Morgan fingerprint density at radius 2 is 1.79 bits per heavy atom. The average Bonchev–Trinajstić information content (AvgIpc) is 3.07. The van der Waals surface area contributed by atoms with Gasteiger partial charge in [0, 0.05) is 18.3 Å². The number of ether oxygens (including phenoxy) is 3. The Morgan fingerprint density at radius 1 is 1.17 bits per heavy atom. The molecule has 0 spiro atoms. The maximum Gasteiger partial charge on any atom is 0.305 e. The first-order valence-corrected chi connectivity index (χ1v) is 7.78. The molecule has 1 heterocycles. The largest absolute Gasteiger partial charge is 0.469 e. The first-order valence-electron chi connectivity index (χ1n) is 7.78. The van der Waals surface area contributed by atoms with Crippen LogP contribution in [0.3, 0.4) is 0 Å². The van der Waals surface area contributed by atoms with Crippen LogP contribution in [-0.4, -0.2) is 60.8 Å². The zero-order valence-electron chi connectivity index (χ0n) is 13.4. The van der Waals surface area contributed by atoms with Crippen molar-refractivity contribution in [1.82, 2.24) is 0 Å². The van der Waals surface area contributed by atoms with Gasteiger partial charge in [0.15, 0.2) is 0 Å². The molecule has 1 saturated carbocycles. The van der Waals surface area contributed by atoms with Gasteiger partial charge in [-0.05, 0) is 6.42 Å². The van der Waals surface area contributed by atoms with Crippen molar-refractivity contribution in [3.05, 3.63) is 12.2 Å². The number of carbonyl (C=O) groups excluding carboxylic acids is 2. The lowest BCUT2D eigenvalue weighted by atomic mass is 10.0. The molecule has 0 bridgehead atoms. The molecule has 3 aliphatic rings. The third-order valence-corrected chi connectivity index (χ3v) is 4.55. The van der Waals surface area contributed by atoms with E-state index in [2.05, 4.69) is 9.47 Å². The highest BCUT2D eigenvalue weighted by molar-refractivity contribution is 5.70. The molecule has 0 aromatic carbocycles. The van der Waals surface area contributed by atoms with E-state index in [1.807, 2.05) is 6.08 Å². The van der Waals surface area contributed by atoms with E-state index in [9.17, 15) is 19.8 Å². The van der Waals surface area contributed by atoms with Crippen molar-refractivity contribution < 1.29 is 34.0 Å². The fourth-order valence-corrected chi connectivity index (χ4v) is 3.07. The zero-order valence-corrected chi connectivity index (χ0v) is 13.4. The predicted octanol–water partition coefficient (Wildman–Crippen LogP) is 0.820. The Kier molecular flexibility index (Phi) is 7.86. The lowest BCUT2D eigenvalue weighted by Gasteiger charge is -2.14. The van der Waals surface area contributed by atoms with E-state index >= 15 is 0 Å². The minimum absolute atomic E-state index is 0. The fourth-order valence-electron chi connectivity index (χ4n) is 3.07. The summed E-state index contributed by atoms with van der Waals surface area (Å²) >= 11 is 0. The van der Waals surface area contributed by atoms with Gasteiger partial charge < -0.3 is 24.4 Å². The van der Waals surface area contributed by atoms with Crippen LogP contribution in [0.15, 0.2) is 12.2 Å². The summed E-state index contributed by atoms with van der Waals surface area (Å²) in [6, 6.07) is 0. The van der Waals surface area contributed by atoms with Gasteiger partial charge >= 0.3 is 11.9 Å². The van der Waals surface area contributed by atoms with Gasteiger partial charge in [-0.25, -0.2) is 0 Å². The minimum Gasteiger partial charge on any atom is -0.469 e. The van der Waals surface area contributed by atoms with Gasteiger partial charge in [0.05, 0.1) is 51.5 Å². The fraction of sp³-hybridized carbons (Fsp3) is 0.765. The second-order valence-corrected chi connectivity index (χ2v) is 6.08. The summed E-state index contributed by atoms with van der Waals surface area (Å²) in [5, 5.41) is 18.7. The van der Waals surface area contributed by atoms with Crippen molar-refractivity contribution in [2.24, 2.45) is 11.8 Å². The van der Waals surface area contributed by atoms with Crippen LogP contribution in [0.5, 0.6) is 0 Å². The highest BCUT2D eigenvalue weighted by Gasteiger charge is 2.55. The molecule has 2 N–H and O–H groups in total. The van der Waals surface area contributed by atoms with E-state index in [1.54, 1.807) is 6.08 Å². The summed E-state index contributed by atoms with van der Waals surface area (Å²) in [5.41, 5.74) is 0. The molecule has 7 nitrogen and oxygen atoms in total. The quantitative estimate of drug-likeness (QED) is 0.442. The standard InChI is InChI=1S/C8H12O4.C8H12O3.CH4/c1-11-7(10)2-4-5(9)3-6-8(4)12-6;1-11-8(10)5-6-3-2-4-7(6)9;/h4-6,8-9H,2-3H2,1H3;2,4,6-7,9H,3,5H2,1H3;1H4/t4-,5+,6-,8+;6-,7+;/m00./s1. The third-order valence-electron chi connectivity index (χ3n) is 4.55. The van der Waals surface area contributed by atoms with E-state index in [4.69, 9.17) is 4.74 Å². The molecule has 0 unspecified atom stereocenters. The van der Waals surface area contributed by atoms with Crippen molar-refractivity contribution in [1.29, 1.82) is 0 Å². The number of fused-ring (bicyclic) bond motifs is 1. The van der Waals surface area contributed by atoms with Gasteiger partial charge in [0.25, 0.3) is 0 Å². The molecule has 138 valence electrons. The van der Waals surface area contributed by atoms with Gasteiger partial charge in [0.2, 0.25) is 0 Å². The normalized spacial score (nSPS) is 35.2. The smallest absolute Gasteiger partial charge is 0.305 e. The Labute approximate surface area is 142 Å². The van der Waals surface area contributed by atoms with Crippen LogP contribution in [0.1, 0.15) is 33.1 Å². The lowest BCUT2D eigenvalue weighted by Crippen LogP contribution is -2.23. The molecule has 0 radical (unpaired) electrons. The van der Waals surface area contributed by atoms with E-state index < -0.39 is 6.10 Å². The van der Waals surface area contributed by atoms with E-state index in [1.165, 1.54) is 14.2 Å². The molecule has 1 saturated heterocycles. The maximum atomic E-state index is 10.9. The summed E-state index contributed by atoms with van der Waals surface area (Å²) < 4.78 is 14.2. The summed E-state index contributed by atoms with van der Waals surface area (Å²) in [4.78, 5) is 21.6. The van der Waals surface area contributed by atoms with Crippen LogP contribution in [0.4, 0.5) is 0 Å². The van der Waals surface area contributed by atoms with Crippen LogP contribution in [0.2, 0.25) is 0 Å². The molecule has 0 aromatic heterocycles. The van der Waals surface area contributed by atoms with Crippen LogP contribution >= 0.6 is 0 Å². The summed E-state index contributed by atoms with van der Waals surface area (Å²) in [6.45, 7) is 0. The van der Waals surface area contributed by atoms with Crippen molar-refractivity contribution in [2.45, 2.75) is 57.5 Å². The number of aliphatic hydroxyl groups excluding tert-OH is 2. The topological polar surface area (TPSA) is 106 Å². The van der Waals surface area contributed by atoms with Crippen LogP contribution in [0, 0.1) is 11.8 Å². The van der Waals surface area contributed by atoms with E-state index in [0.29, 0.717) is 12.8 Å². The number of aliphatic hydroxyl groups is 2. The first-order chi connectivity index (χ1) is 11.0. The van der Waals surface area contributed by atoms with Crippen molar-refractivity contribution in [2.75, 3.05) is 14.2 Å². The number of carbonyl (C=O) groups is 2. The number of esters is 2. The third kappa shape index (κ3) is 5.29. The Hall–Kier alpha value is -1.44. The van der Waals surface area contributed by atoms with E-state index in [0.717, 1.165) is 6.42 Å². The lowest BCUT2D eigenvalue weighted by molar-refractivity contribution is -0.143. The van der Waals surface area contributed by atoms with E-state index in [-0.39, 0.29) is 55.9 Å². The van der Waals surface area contributed by atoms with Crippen molar-refractivity contribution in [3.8, 4) is 0 Å². The Balaban J connectivity index is 0.000000232. The molecule has 2 fully saturated rings. The zero-order chi connectivity index (χ0) is 17.0. The Morgan fingerprint density at radius 3 is 2.25 bits per heavy atom. The molecule has 24 heavy (non-hydrogen) atoms. The monoisotopic (exact) mass is 344 g/mol. The second-order valence-electron chi connectivity index (χ2n) is 6.08. The van der Waals surface area contributed by atoms with Crippen LogP contribution in [0.25, 0.3) is 0 Å².